The summed E-state index contributed by atoms with van der Waals surface area (Å²) in [5.74, 6) is 0. The molecule has 0 aliphatic rings. The SMILES string of the molecule is COC(OC)C([Si])(OC)c1ccccc1C([Si])(OC)C(OC)OC. The zero-order valence-corrected chi connectivity index (χ0v) is 16.9. The summed E-state index contributed by atoms with van der Waals surface area (Å²) in [5, 5.41) is -2.16. The van der Waals surface area contributed by atoms with Crippen molar-refractivity contribution in [2.24, 2.45) is 0 Å². The lowest BCUT2D eigenvalue weighted by molar-refractivity contribution is -0.205. The summed E-state index contributed by atoms with van der Waals surface area (Å²) in [6.07, 6.45) is -1.42. The topological polar surface area (TPSA) is 55.4 Å². The highest BCUT2D eigenvalue weighted by Gasteiger charge is 2.45. The second-order valence-electron chi connectivity index (χ2n) is 5.03. The Bertz CT molecular complexity index is 464. The minimum Gasteiger partial charge on any atom is -0.373 e. The van der Waals surface area contributed by atoms with Crippen LogP contribution in [-0.4, -0.2) is 75.7 Å². The Morgan fingerprint density at radius 1 is 0.667 bits per heavy atom. The lowest BCUT2D eigenvalue weighted by atomic mass is 9.95. The first-order valence-corrected chi connectivity index (χ1v) is 8.21. The number of benzene rings is 1. The van der Waals surface area contributed by atoms with Crippen LogP contribution in [0.1, 0.15) is 11.1 Å². The zero-order valence-electron chi connectivity index (χ0n) is 14.9. The lowest BCUT2D eigenvalue weighted by Crippen LogP contribution is -2.50. The highest BCUT2D eigenvalue weighted by molar-refractivity contribution is 6.17. The molecule has 1 rings (SSSR count). The smallest absolute Gasteiger partial charge is 0.186 e. The molecule has 8 heteroatoms. The largest absolute Gasteiger partial charge is 0.373 e. The van der Waals surface area contributed by atoms with Gasteiger partial charge in [-0.25, -0.2) is 0 Å². The number of hydrogen-bond donors (Lipinski definition) is 0. The van der Waals surface area contributed by atoms with Gasteiger partial charge in [-0.3, -0.25) is 0 Å². The fourth-order valence-corrected chi connectivity index (χ4v) is 3.56. The van der Waals surface area contributed by atoms with Gasteiger partial charge in [0.05, 0.1) is 20.5 Å². The number of rotatable bonds is 10. The van der Waals surface area contributed by atoms with Crippen molar-refractivity contribution in [2.45, 2.75) is 23.0 Å². The molecule has 0 spiro atoms. The maximum atomic E-state index is 5.70. The Hall–Kier alpha value is -0.586. The number of methoxy groups -OCH3 is 6. The summed E-state index contributed by atoms with van der Waals surface area (Å²) >= 11 is 0. The average molecular weight is 369 g/mol. The number of hydrogen-bond acceptors (Lipinski definition) is 6. The highest BCUT2D eigenvalue weighted by Crippen LogP contribution is 2.38. The molecule has 0 amide bonds. The van der Waals surface area contributed by atoms with Crippen LogP contribution in [0.3, 0.4) is 0 Å². The molecule has 2 unspecified atom stereocenters. The van der Waals surface area contributed by atoms with E-state index in [0.29, 0.717) is 0 Å². The van der Waals surface area contributed by atoms with Crippen LogP contribution in [0.15, 0.2) is 24.3 Å². The summed E-state index contributed by atoms with van der Waals surface area (Å²) in [6.45, 7) is 0. The third kappa shape index (κ3) is 3.81. The van der Waals surface area contributed by atoms with Crippen molar-refractivity contribution in [3.05, 3.63) is 35.4 Å². The van der Waals surface area contributed by atoms with Crippen LogP contribution in [0, 0.1) is 0 Å². The monoisotopic (exact) mass is 368 g/mol. The van der Waals surface area contributed by atoms with Gasteiger partial charge in [0.2, 0.25) is 0 Å². The van der Waals surface area contributed by atoms with Gasteiger partial charge in [-0.05, 0) is 11.1 Å². The van der Waals surface area contributed by atoms with Gasteiger partial charge in [-0.15, -0.1) is 0 Å². The summed E-state index contributed by atoms with van der Waals surface area (Å²) in [5.41, 5.74) is 1.46. The van der Waals surface area contributed by atoms with E-state index >= 15 is 0 Å². The van der Waals surface area contributed by atoms with E-state index in [-0.39, 0.29) is 0 Å². The molecule has 0 bridgehead atoms. The van der Waals surface area contributed by atoms with Crippen LogP contribution in [0.2, 0.25) is 0 Å². The standard InChI is InChI=1S/C16H24O6Si2/c1-17-13(18-2)15(23,21-5)11-9-7-8-10-12(11)16(24,22-6)14(19-3)20-4/h7-10,13-14H,1-6H3. The molecule has 0 aliphatic heterocycles. The minimum atomic E-state index is -1.08. The zero-order chi connectivity index (χ0) is 18.4. The Labute approximate surface area is 150 Å². The summed E-state index contributed by atoms with van der Waals surface area (Å²) in [4.78, 5) is 0. The van der Waals surface area contributed by atoms with Gasteiger partial charge in [0.1, 0.15) is 10.4 Å². The van der Waals surface area contributed by atoms with Crippen LogP contribution >= 0.6 is 0 Å². The predicted molar refractivity (Wildman–Crippen MR) is 90.9 cm³/mol. The summed E-state index contributed by atoms with van der Waals surface area (Å²) in [6, 6.07) is 7.53. The molecule has 0 aromatic heterocycles. The van der Waals surface area contributed by atoms with Crippen LogP contribution in [0.25, 0.3) is 0 Å². The normalized spacial score (nSPS) is 17.1. The van der Waals surface area contributed by atoms with Crippen molar-refractivity contribution < 1.29 is 28.4 Å². The quantitative estimate of drug-likeness (QED) is 0.451. The van der Waals surface area contributed by atoms with Gasteiger partial charge in [0.25, 0.3) is 0 Å². The molecule has 1 aromatic rings. The van der Waals surface area contributed by atoms with Crippen LogP contribution in [-0.2, 0) is 38.9 Å². The van der Waals surface area contributed by atoms with E-state index in [2.05, 4.69) is 20.5 Å². The van der Waals surface area contributed by atoms with Crippen molar-refractivity contribution in [1.82, 2.24) is 0 Å². The first-order chi connectivity index (χ1) is 11.4. The van der Waals surface area contributed by atoms with E-state index in [1.54, 1.807) is 14.2 Å². The molecule has 132 valence electrons. The Morgan fingerprint density at radius 3 is 1.17 bits per heavy atom. The van der Waals surface area contributed by atoms with Crippen molar-refractivity contribution in [2.75, 3.05) is 42.7 Å². The molecule has 0 N–H and O–H groups in total. The van der Waals surface area contributed by atoms with Crippen LogP contribution < -0.4 is 0 Å². The molecule has 6 nitrogen and oxygen atoms in total. The average Bonchev–Trinajstić information content (AvgIpc) is 2.63. The molecule has 0 fully saturated rings. The van der Waals surface area contributed by atoms with Gasteiger partial charge >= 0.3 is 0 Å². The molecule has 0 aliphatic carbocycles. The maximum Gasteiger partial charge on any atom is 0.186 e. The van der Waals surface area contributed by atoms with Crippen LogP contribution in [0.4, 0.5) is 0 Å². The third-order valence-electron chi connectivity index (χ3n) is 3.89. The van der Waals surface area contributed by atoms with Gasteiger partial charge in [0.15, 0.2) is 12.6 Å². The van der Waals surface area contributed by atoms with E-state index in [4.69, 9.17) is 28.4 Å². The van der Waals surface area contributed by atoms with Gasteiger partial charge < -0.3 is 28.4 Å². The lowest BCUT2D eigenvalue weighted by Gasteiger charge is -2.41. The maximum absolute atomic E-state index is 5.70. The first kappa shape index (κ1) is 21.5. The Balaban J connectivity index is 3.58. The molecular formula is C16H24O6Si2. The van der Waals surface area contributed by atoms with Crippen molar-refractivity contribution in [3.63, 3.8) is 0 Å². The van der Waals surface area contributed by atoms with E-state index in [1.807, 2.05) is 24.3 Å². The van der Waals surface area contributed by atoms with E-state index in [0.717, 1.165) is 11.1 Å². The fourth-order valence-electron chi connectivity index (χ4n) is 2.65. The van der Waals surface area contributed by atoms with Crippen molar-refractivity contribution >= 4 is 20.5 Å². The van der Waals surface area contributed by atoms with Crippen molar-refractivity contribution in [3.8, 4) is 0 Å². The third-order valence-corrected chi connectivity index (χ3v) is 5.31. The van der Waals surface area contributed by atoms with E-state index in [1.165, 1.54) is 28.4 Å². The minimum absolute atomic E-state index is 0.711. The molecule has 2 atom stereocenters. The first-order valence-electron chi connectivity index (χ1n) is 7.21. The van der Waals surface area contributed by atoms with Crippen molar-refractivity contribution in [1.29, 1.82) is 0 Å². The molecule has 24 heavy (non-hydrogen) atoms. The second kappa shape index (κ2) is 9.21. The van der Waals surface area contributed by atoms with Gasteiger partial charge in [-0.1, -0.05) is 24.3 Å². The van der Waals surface area contributed by atoms with Gasteiger partial charge in [-0.2, -0.15) is 0 Å². The summed E-state index contributed by atoms with van der Waals surface area (Å²) in [7, 11) is 16.6. The highest BCUT2D eigenvalue weighted by atomic mass is 28.1. The van der Waals surface area contributed by atoms with Gasteiger partial charge in [0, 0.05) is 42.7 Å². The van der Waals surface area contributed by atoms with Crippen LogP contribution in [0.5, 0.6) is 0 Å². The molecule has 0 heterocycles. The van der Waals surface area contributed by atoms with E-state index in [9.17, 15) is 0 Å². The van der Waals surface area contributed by atoms with E-state index < -0.39 is 23.0 Å². The number of ether oxygens (including phenoxy) is 6. The fraction of sp³-hybridized carbons (Fsp3) is 0.625. The predicted octanol–water partition coefficient (Wildman–Crippen LogP) is 0.860. The Morgan fingerprint density at radius 2 is 0.958 bits per heavy atom. The molecular weight excluding hydrogens is 344 g/mol. The summed E-state index contributed by atoms with van der Waals surface area (Å²) < 4.78 is 33.0. The Kier molecular flexibility index (Phi) is 8.23. The molecule has 0 saturated carbocycles. The molecule has 1 aromatic carbocycles. The second-order valence-corrected chi connectivity index (χ2v) is 6.52. The molecule has 6 radical (unpaired) electrons. The molecule has 0 saturated heterocycles.